The number of nitrogens with zero attached hydrogens (tertiary/aromatic N) is 2. The van der Waals surface area contributed by atoms with E-state index in [1.807, 2.05) is 6.20 Å². The molecule has 0 bridgehead atoms. The molecule has 0 radical (unpaired) electrons. The van der Waals surface area contributed by atoms with Crippen molar-refractivity contribution >= 4 is 11.3 Å². The second-order valence-electron chi connectivity index (χ2n) is 3.84. The number of hydrogen-bond donors (Lipinski definition) is 1. The number of thiazole rings is 1. The maximum absolute atomic E-state index is 4.38. The first-order valence-electron chi connectivity index (χ1n) is 5.15. The Morgan fingerprint density at radius 2 is 2.57 bits per heavy atom. The van der Waals surface area contributed by atoms with E-state index in [1.165, 1.54) is 5.01 Å². The Balaban J connectivity index is 2.06. The minimum atomic E-state index is 0.465. The summed E-state index contributed by atoms with van der Waals surface area (Å²) in [6, 6.07) is 1.08. The summed E-state index contributed by atoms with van der Waals surface area (Å²) in [5.41, 5.74) is 0. The van der Waals surface area contributed by atoms with Crippen LogP contribution in [0.5, 0.6) is 0 Å². The molecule has 0 saturated carbocycles. The molecule has 1 aliphatic heterocycles. The highest BCUT2D eigenvalue weighted by atomic mass is 32.1. The maximum atomic E-state index is 4.38. The first kappa shape index (κ1) is 10.1. The Morgan fingerprint density at radius 1 is 1.71 bits per heavy atom. The van der Waals surface area contributed by atoms with Crippen LogP contribution in [0.2, 0.25) is 0 Å². The lowest BCUT2D eigenvalue weighted by atomic mass is 10.1. The molecule has 3 nitrogen and oxygen atoms in total. The van der Waals surface area contributed by atoms with E-state index in [4.69, 9.17) is 0 Å². The predicted molar refractivity (Wildman–Crippen MR) is 59.6 cm³/mol. The molecule has 78 valence electrons. The van der Waals surface area contributed by atoms with Crippen molar-refractivity contribution in [2.24, 2.45) is 0 Å². The third-order valence-electron chi connectivity index (χ3n) is 2.86. The molecule has 14 heavy (non-hydrogen) atoms. The first-order valence-corrected chi connectivity index (χ1v) is 6.03. The minimum Gasteiger partial charge on any atom is -0.314 e. The second kappa shape index (κ2) is 4.38. The van der Waals surface area contributed by atoms with E-state index in [0.717, 1.165) is 19.6 Å². The van der Waals surface area contributed by atoms with Crippen LogP contribution in [0.4, 0.5) is 0 Å². The fourth-order valence-electron chi connectivity index (χ4n) is 2.01. The summed E-state index contributed by atoms with van der Waals surface area (Å²) >= 11 is 1.75. The summed E-state index contributed by atoms with van der Waals surface area (Å²) in [6.45, 7) is 7.84. The lowest BCUT2D eigenvalue weighted by Crippen LogP contribution is -2.50. The molecule has 2 atom stereocenters. The van der Waals surface area contributed by atoms with Gasteiger partial charge in [0.15, 0.2) is 0 Å². The van der Waals surface area contributed by atoms with Gasteiger partial charge in [-0.3, -0.25) is 4.90 Å². The minimum absolute atomic E-state index is 0.465. The van der Waals surface area contributed by atoms with Crippen LogP contribution in [0.3, 0.4) is 0 Å². The Bertz CT molecular complexity index is 273. The van der Waals surface area contributed by atoms with Crippen LogP contribution in [-0.4, -0.2) is 35.6 Å². The molecule has 1 fully saturated rings. The number of nitrogens with one attached hydrogen (secondary N) is 1. The van der Waals surface area contributed by atoms with Crippen molar-refractivity contribution in [2.45, 2.75) is 25.9 Å². The fraction of sp³-hybridized carbons (Fsp3) is 0.700. The van der Waals surface area contributed by atoms with Gasteiger partial charge in [0.1, 0.15) is 5.01 Å². The Morgan fingerprint density at radius 3 is 3.21 bits per heavy atom. The predicted octanol–water partition coefficient (Wildman–Crippen LogP) is 1.50. The van der Waals surface area contributed by atoms with E-state index in [-0.39, 0.29) is 0 Å². The van der Waals surface area contributed by atoms with Gasteiger partial charge >= 0.3 is 0 Å². The number of rotatable bonds is 2. The molecular formula is C10H17N3S. The summed E-state index contributed by atoms with van der Waals surface area (Å²) in [4.78, 5) is 6.91. The van der Waals surface area contributed by atoms with Crippen LogP contribution in [0.25, 0.3) is 0 Å². The van der Waals surface area contributed by atoms with Gasteiger partial charge in [0.2, 0.25) is 0 Å². The van der Waals surface area contributed by atoms with Gasteiger partial charge in [0, 0.05) is 37.3 Å². The van der Waals surface area contributed by atoms with E-state index in [9.17, 15) is 0 Å². The second-order valence-corrected chi connectivity index (χ2v) is 4.76. The van der Waals surface area contributed by atoms with Crippen LogP contribution >= 0.6 is 11.3 Å². The molecule has 0 aromatic carbocycles. The third kappa shape index (κ3) is 1.97. The summed E-state index contributed by atoms with van der Waals surface area (Å²) < 4.78 is 0. The molecule has 1 aliphatic rings. The van der Waals surface area contributed by atoms with Crippen molar-refractivity contribution in [3.63, 3.8) is 0 Å². The lowest BCUT2D eigenvalue weighted by molar-refractivity contribution is 0.126. The van der Waals surface area contributed by atoms with Gasteiger partial charge in [0.25, 0.3) is 0 Å². The Labute approximate surface area is 89.1 Å². The summed E-state index contributed by atoms with van der Waals surface area (Å²) in [5, 5.41) is 6.70. The van der Waals surface area contributed by atoms with E-state index in [1.54, 1.807) is 11.3 Å². The van der Waals surface area contributed by atoms with E-state index >= 15 is 0 Å². The SMILES string of the molecule is C[C@@H]1CNCCN1[C@H](C)c1nccs1. The molecule has 0 aliphatic carbocycles. The van der Waals surface area contributed by atoms with Crippen molar-refractivity contribution in [1.82, 2.24) is 15.2 Å². The monoisotopic (exact) mass is 211 g/mol. The molecule has 0 unspecified atom stereocenters. The topological polar surface area (TPSA) is 28.2 Å². The number of hydrogen-bond acceptors (Lipinski definition) is 4. The fourth-order valence-corrected chi connectivity index (χ4v) is 2.73. The summed E-state index contributed by atoms with van der Waals surface area (Å²) in [6.07, 6.45) is 1.89. The Kier molecular flexibility index (Phi) is 3.15. The zero-order valence-corrected chi connectivity index (χ0v) is 9.55. The van der Waals surface area contributed by atoms with Crippen LogP contribution in [0.1, 0.15) is 24.9 Å². The third-order valence-corrected chi connectivity index (χ3v) is 3.80. The largest absolute Gasteiger partial charge is 0.314 e. The zero-order chi connectivity index (χ0) is 9.97. The number of piperazine rings is 1. The molecule has 2 heterocycles. The zero-order valence-electron chi connectivity index (χ0n) is 8.73. The molecule has 1 aromatic rings. The Hall–Kier alpha value is -0.450. The maximum Gasteiger partial charge on any atom is 0.109 e. The quantitative estimate of drug-likeness (QED) is 0.803. The molecule has 0 amide bonds. The molecule has 2 rings (SSSR count). The van der Waals surface area contributed by atoms with E-state index in [2.05, 4.69) is 34.4 Å². The standard InChI is InChI=1S/C10H17N3S/c1-8-7-11-3-5-13(8)9(2)10-12-4-6-14-10/h4,6,8-9,11H,3,5,7H2,1-2H3/t8-,9-/m1/s1. The van der Waals surface area contributed by atoms with Crippen LogP contribution in [0, 0.1) is 0 Å². The first-order chi connectivity index (χ1) is 6.79. The van der Waals surface area contributed by atoms with Gasteiger partial charge in [-0.25, -0.2) is 4.98 Å². The average Bonchev–Trinajstić information content (AvgIpc) is 2.70. The van der Waals surface area contributed by atoms with Crippen LogP contribution < -0.4 is 5.32 Å². The normalized spacial score (nSPS) is 26.3. The van der Waals surface area contributed by atoms with Gasteiger partial charge < -0.3 is 5.32 Å². The van der Waals surface area contributed by atoms with Crippen molar-refractivity contribution < 1.29 is 0 Å². The van der Waals surface area contributed by atoms with Crippen molar-refractivity contribution in [3.05, 3.63) is 16.6 Å². The van der Waals surface area contributed by atoms with Crippen LogP contribution in [-0.2, 0) is 0 Å². The molecule has 1 saturated heterocycles. The highest BCUT2D eigenvalue weighted by Crippen LogP contribution is 2.24. The van der Waals surface area contributed by atoms with E-state index < -0.39 is 0 Å². The van der Waals surface area contributed by atoms with Crippen molar-refractivity contribution in [1.29, 1.82) is 0 Å². The molecule has 1 aromatic heterocycles. The summed E-state index contributed by atoms with van der Waals surface area (Å²) in [7, 11) is 0. The van der Waals surface area contributed by atoms with Gasteiger partial charge in [-0.15, -0.1) is 11.3 Å². The molecule has 4 heteroatoms. The smallest absolute Gasteiger partial charge is 0.109 e. The van der Waals surface area contributed by atoms with Gasteiger partial charge in [-0.1, -0.05) is 0 Å². The highest BCUT2D eigenvalue weighted by molar-refractivity contribution is 7.09. The lowest BCUT2D eigenvalue weighted by Gasteiger charge is -2.37. The van der Waals surface area contributed by atoms with Gasteiger partial charge in [-0.2, -0.15) is 0 Å². The van der Waals surface area contributed by atoms with Crippen molar-refractivity contribution in [2.75, 3.05) is 19.6 Å². The highest BCUT2D eigenvalue weighted by Gasteiger charge is 2.24. The van der Waals surface area contributed by atoms with Gasteiger partial charge in [0.05, 0.1) is 6.04 Å². The van der Waals surface area contributed by atoms with E-state index in [0.29, 0.717) is 12.1 Å². The van der Waals surface area contributed by atoms with Crippen LogP contribution in [0.15, 0.2) is 11.6 Å². The number of aromatic nitrogens is 1. The summed E-state index contributed by atoms with van der Waals surface area (Å²) in [5.74, 6) is 0. The van der Waals surface area contributed by atoms with Gasteiger partial charge in [-0.05, 0) is 13.8 Å². The molecule has 1 N–H and O–H groups in total. The van der Waals surface area contributed by atoms with Crippen molar-refractivity contribution in [3.8, 4) is 0 Å². The average molecular weight is 211 g/mol. The molecule has 0 spiro atoms. The molecular weight excluding hydrogens is 194 g/mol.